The fourth-order valence-electron chi connectivity index (χ4n) is 2.82. The lowest BCUT2D eigenvalue weighted by Gasteiger charge is -2.19. The van der Waals surface area contributed by atoms with Crippen molar-refractivity contribution in [3.63, 3.8) is 0 Å². The zero-order chi connectivity index (χ0) is 20.1. The average Bonchev–Trinajstić information content (AvgIpc) is 2.94. The van der Waals surface area contributed by atoms with Crippen LogP contribution in [0, 0.1) is 0 Å². The summed E-state index contributed by atoms with van der Waals surface area (Å²) >= 11 is 6.24. The maximum absolute atomic E-state index is 12.3. The van der Waals surface area contributed by atoms with Crippen molar-refractivity contribution in [2.24, 2.45) is 0 Å². The first-order valence-electron chi connectivity index (χ1n) is 8.76. The first-order valence-corrected chi connectivity index (χ1v) is 9.99. The molecular weight excluding hydrogens is 392 g/mol. The van der Waals surface area contributed by atoms with Gasteiger partial charge in [0.15, 0.2) is 0 Å². The third kappa shape index (κ3) is 4.99. The number of aliphatic carboxylic acids is 1. The second-order valence-corrected chi connectivity index (χ2v) is 8.09. The summed E-state index contributed by atoms with van der Waals surface area (Å²) in [6.45, 7) is 0.490. The van der Waals surface area contributed by atoms with E-state index in [9.17, 15) is 9.59 Å². The van der Waals surface area contributed by atoms with E-state index in [1.807, 2.05) is 42.5 Å². The Kier molecular flexibility index (Phi) is 6.49. The number of carboxylic acid groups (broad SMARTS) is 1. The molecular formula is C21H20N2O3S2. The van der Waals surface area contributed by atoms with Crippen LogP contribution in [0.4, 0.5) is 5.69 Å². The number of nitrogens with zero attached hydrogens (tertiary/aromatic N) is 2. The van der Waals surface area contributed by atoms with Gasteiger partial charge in [0.25, 0.3) is 5.91 Å². The first-order chi connectivity index (χ1) is 13.4. The maximum atomic E-state index is 12.3. The van der Waals surface area contributed by atoms with E-state index in [0.29, 0.717) is 4.91 Å². The lowest BCUT2D eigenvalue weighted by Crippen LogP contribution is -2.33. The molecule has 1 N–H and O–H groups in total. The molecule has 0 radical (unpaired) electrons. The third-order valence-corrected chi connectivity index (χ3v) is 5.76. The molecule has 0 unspecified atom stereocenters. The smallest absolute Gasteiger partial charge is 0.323 e. The van der Waals surface area contributed by atoms with Crippen molar-refractivity contribution in [1.82, 2.24) is 4.90 Å². The Hall–Kier alpha value is -2.64. The predicted molar refractivity (Wildman–Crippen MR) is 117 cm³/mol. The van der Waals surface area contributed by atoms with Crippen LogP contribution in [0.25, 0.3) is 6.08 Å². The van der Waals surface area contributed by atoms with Crippen LogP contribution >= 0.6 is 24.0 Å². The lowest BCUT2D eigenvalue weighted by atomic mass is 10.1. The topological polar surface area (TPSA) is 60.9 Å². The Morgan fingerprint density at radius 2 is 1.86 bits per heavy atom. The van der Waals surface area contributed by atoms with E-state index in [4.69, 9.17) is 17.3 Å². The van der Waals surface area contributed by atoms with Crippen molar-refractivity contribution in [2.75, 3.05) is 25.0 Å². The molecule has 0 bridgehead atoms. The molecule has 7 heteroatoms. The van der Waals surface area contributed by atoms with Gasteiger partial charge in [-0.15, -0.1) is 0 Å². The van der Waals surface area contributed by atoms with Gasteiger partial charge in [0.2, 0.25) is 0 Å². The van der Waals surface area contributed by atoms with Crippen molar-refractivity contribution in [3.8, 4) is 0 Å². The Morgan fingerprint density at radius 3 is 2.50 bits per heavy atom. The second-order valence-electron chi connectivity index (χ2n) is 6.41. The van der Waals surface area contributed by atoms with Crippen LogP contribution in [0.1, 0.15) is 11.1 Å². The van der Waals surface area contributed by atoms with E-state index in [1.54, 1.807) is 6.08 Å². The van der Waals surface area contributed by atoms with Gasteiger partial charge >= 0.3 is 5.97 Å². The molecule has 1 heterocycles. The van der Waals surface area contributed by atoms with Crippen LogP contribution < -0.4 is 4.90 Å². The van der Waals surface area contributed by atoms with Gasteiger partial charge in [0.05, 0.1) is 4.91 Å². The molecule has 1 amide bonds. The van der Waals surface area contributed by atoms with Gasteiger partial charge in [-0.3, -0.25) is 14.5 Å². The lowest BCUT2D eigenvalue weighted by molar-refractivity contribution is -0.140. The number of hydrogen-bond donors (Lipinski definition) is 1. The molecule has 2 aromatic carbocycles. The Balaban J connectivity index is 1.64. The highest BCUT2D eigenvalue weighted by molar-refractivity contribution is 8.26. The fourth-order valence-corrected chi connectivity index (χ4v) is 4.07. The Morgan fingerprint density at radius 1 is 1.18 bits per heavy atom. The third-order valence-electron chi connectivity index (χ3n) is 4.38. The normalized spacial score (nSPS) is 15.3. The number of likely N-dealkylation sites (N-methyl/N-ethyl adjacent to an activating group) is 1. The molecule has 28 heavy (non-hydrogen) atoms. The molecule has 1 saturated heterocycles. The van der Waals surface area contributed by atoms with Gasteiger partial charge in [-0.2, -0.15) is 0 Å². The van der Waals surface area contributed by atoms with E-state index in [1.165, 1.54) is 5.56 Å². The van der Waals surface area contributed by atoms with Crippen molar-refractivity contribution in [2.45, 2.75) is 6.42 Å². The number of amides is 1. The molecule has 0 aromatic heterocycles. The van der Waals surface area contributed by atoms with Gasteiger partial charge < -0.3 is 10.0 Å². The van der Waals surface area contributed by atoms with Crippen molar-refractivity contribution in [3.05, 3.63) is 70.6 Å². The molecule has 1 aliphatic heterocycles. The van der Waals surface area contributed by atoms with Crippen molar-refractivity contribution in [1.29, 1.82) is 0 Å². The summed E-state index contributed by atoms with van der Waals surface area (Å²) in [5.41, 5.74) is 3.26. The van der Waals surface area contributed by atoms with E-state index >= 15 is 0 Å². The summed E-state index contributed by atoms with van der Waals surface area (Å²) in [5, 5.41) is 8.90. The number of carboxylic acids is 1. The highest BCUT2D eigenvalue weighted by Gasteiger charge is 2.33. The van der Waals surface area contributed by atoms with E-state index in [0.717, 1.165) is 40.9 Å². The number of hydrogen-bond acceptors (Lipinski definition) is 5. The van der Waals surface area contributed by atoms with Crippen LogP contribution in [0.3, 0.4) is 0 Å². The second kappa shape index (κ2) is 9.03. The van der Waals surface area contributed by atoms with E-state index in [2.05, 4.69) is 24.1 Å². The van der Waals surface area contributed by atoms with Crippen molar-refractivity contribution >= 4 is 51.9 Å². The Labute approximate surface area is 173 Å². The SMILES string of the molecule is CN(CCc1ccccc1)c1ccc(/C=C2/SC(=S)N(CC(=O)O)C2=O)cc1. The quantitative estimate of drug-likeness (QED) is 0.553. The highest BCUT2D eigenvalue weighted by Crippen LogP contribution is 2.32. The number of carbonyl (C=O) groups is 2. The number of thioether (sulfide) groups is 1. The van der Waals surface area contributed by atoms with Gasteiger partial charge in [0, 0.05) is 19.3 Å². The van der Waals surface area contributed by atoms with Crippen LogP contribution in [-0.2, 0) is 16.0 Å². The number of benzene rings is 2. The minimum absolute atomic E-state index is 0.274. The molecule has 1 aliphatic rings. The monoisotopic (exact) mass is 412 g/mol. The zero-order valence-electron chi connectivity index (χ0n) is 15.4. The summed E-state index contributed by atoms with van der Waals surface area (Å²) < 4.78 is 0.274. The number of thiocarbonyl (C=S) groups is 1. The fraction of sp³-hybridized carbons (Fsp3) is 0.190. The molecule has 0 spiro atoms. The van der Waals surface area contributed by atoms with Gasteiger partial charge in [-0.05, 0) is 35.8 Å². The average molecular weight is 413 g/mol. The van der Waals surface area contributed by atoms with Crippen LogP contribution in [0.5, 0.6) is 0 Å². The summed E-state index contributed by atoms with van der Waals surface area (Å²) in [5.74, 6) is -1.44. The summed E-state index contributed by atoms with van der Waals surface area (Å²) in [4.78, 5) is 26.9. The highest BCUT2D eigenvalue weighted by atomic mass is 32.2. The summed E-state index contributed by atoms with van der Waals surface area (Å²) in [6, 6.07) is 18.3. The zero-order valence-corrected chi connectivity index (χ0v) is 17.0. The standard InChI is InChI=1S/C21H20N2O3S2/c1-22(12-11-15-5-3-2-4-6-15)17-9-7-16(8-10-17)13-18-20(26)23(14-19(24)25)21(27)28-18/h2-10,13H,11-12,14H2,1H3,(H,24,25)/b18-13+. The number of rotatable bonds is 7. The molecule has 3 rings (SSSR count). The molecule has 0 aliphatic carbocycles. The van der Waals surface area contributed by atoms with Crippen LogP contribution in [0.2, 0.25) is 0 Å². The van der Waals surface area contributed by atoms with Gasteiger partial charge in [-0.1, -0.05) is 66.4 Å². The molecule has 144 valence electrons. The van der Waals surface area contributed by atoms with E-state index < -0.39 is 12.5 Å². The minimum atomic E-state index is -1.08. The van der Waals surface area contributed by atoms with Crippen molar-refractivity contribution < 1.29 is 14.7 Å². The van der Waals surface area contributed by atoms with Gasteiger partial charge in [-0.25, -0.2) is 0 Å². The van der Waals surface area contributed by atoms with E-state index in [-0.39, 0.29) is 10.2 Å². The van der Waals surface area contributed by atoms with Crippen LogP contribution in [-0.4, -0.2) is 46.3 Å². The first kappa shape index (κ1) is 20.1. The molecule has 0 atom stereocenters. The number of carbonyl (C=O) groups excluding carboxylic acids is 1. The predicted octanol–water partition coefficient (Wildman–Crippen LogP) is 3.65. The minimum Gasteiger partial charge on any atom is -0.480 e. The number of anilines is 1. The summed E-state index contributed by atoms with van der Waals surface area (Å²) in [7, 11) is 2.05. The van der Waals surface area contributed by atoms with Gasteiger partial charge in [0.1, 0.15) is 10.9 Å². The van der Waals surface area contributed by atoms with Crippen LogP contribution in [0.15, 0.2) is 59.5 Å². The summed E-state index contributed by atoms with van der Waals surface area (Å²) in [6.07, 6.45) is 2.71. The largest absolute Gasteiger partial charge is 0.480 e. The maximum Gasteiger partial charge on any atom is 0.323 e. The molecule has 0 saturated carbocycles. The molecule has 2 aromatic rings. The Bertz CT molecular complexity index is 911. The molecule has 5 nitrogen and oxygen atoms in total. The molecule has 1 fully saturated rings.